The normalized spacial score (nSPS) is 11.6. The minimum absolute atomic E-state index is 0.708. The van der Waals surface area contributed by atoms with Crippen molar-refractivity contribution in [3.05, 3.63) is 30.1 Å². The minimum atomic E-state index is 0.708. The van der Waals surface area contributed by atoms with E-state index in [0.29, 0.717) is 5.92 Å². The molecule has 0 aromatic carbocycles. The average Bonchev–Trinajstić information content (AvgIpc) is 2.80. The maximum absolute atomic E-state index is 5.06. The molecular weight excluding hydrogens is 250 g/mol. The van der Waals surface area contributed by atoms with Crippen molar-refractivity contribution >= 4 is 11.0 Å². The number of hydrogen-bond donors (Lipinski definition) is 1. The van der Waals surface area contributed by atoms with E-state index in [1.807, 2.05) is 12.3 Å². The molecular formula is C16H25N3O. The van der Waals surface area contributed by atoms with Gasteiger partial charge >= 0.3 is 0 Å². The van der Waals surface area contributed by atoms with Crippen molar-refractivity contribution in [3.8, 4) is 0 Å². The van der Waals surface area contributed by atoms with Crippen LogP contribution >= 0.6 is 0 Å². The average molecular weight is 275 g/mol. The third kappa shape index (κ3) is 3.81. The lowest BCUT2D eigenvalue weighted by atomic mass is 10.1. The standard InChI is InChI=1S/C16H25N3O/c1-13(2)6-9-19-12-14(11-17-8-10-20-3)15-5-4-7-18-16(15)19/h4-5,7,12-13,17H,6,8-11H2,1-3H3. The zero-order valence-corrected chi connectivity index (χ0v) is 12.7. The van der Waals surface area contributed by atoms with Crippen molar-refractivity contribution in [1.29, 1.82) is 0 Å². The molecule has 0 amide bonds. The number of methoxy groups -OCH3 is 1. The molecule has 0 atom stereocenters. The van der Waals surface area contributed by atoms with Gasteiger partial charge in [-0.25, -0.2) is 4.98 Å². The van der Waals surface area contributed by atoms with Crippen molar-refractivity contribution < 1.29 is 4.74 Å². The lowest BCUT2D eigenvalue weighted by Gasteiger charge is -2.06. The zero-order chi connectivity index (χ0) is 14.4. The van der Waals surface area contributed by atoms with Crippen LogP contribution in [-0.4, -0.2) is 29.8 Å². The molecule has 4 heteroatoms. The molecule has 0 unspecified atom stereocenters. The number of ether oxygens (including phenoxy) is 1. The summed E-state index contributed by atoms with van der Waals surface area (Å²) in [5, 5.41) is 4.66. The van der Waals surface area contributed by atoms with Crippen molar-refractivity contribution in [2.75, 3.05) is 20.3 Å². The van der Waals surface area contributed by atoms with Gasteiger partial charge in [0, 0.05) is 44.5 Å². The van der Waals surface area contributed by atoms with Crippen LogP contribution in [0.5, 0.6) is 0 Å². The van der Waals surface area contributed by atoms with Gasteiger partial charge in [-0.1, -0.05) is 13.8 Å². The summed E-state index contributed by atoms with van der Waals surface area (Å²) in [4.78, 5) is 4.53. The number of aromatic nitrogens is 2. The number of nitrogens with zero attached hydrogens (tertiary/aromatic N) is 2. The maximum Gasteiger partial charge on any atom is 0.140 e. The molecule has 0 saturated carbocycles. The van der Waals surface area contributed by atoms with Crippen molar-refractivity contribution in [2.45, 2.75) is 33.4 Å². The van der Waals surface area contributed by atoms with Gasteiger partial charge in [0.2, 0.25) is 0 Å². The van der Waals surface area contributed by atoms with Crippen LogP contribution in [0.15, 0.2) is 24.5 Å². The molecule has 0 bridgehead atoms. The third-order valence-electron chi connectivity index (χ3n) is 3.46. The largest absolute Gasteiger partial charge is 0.383 e. The molecule has 20 heavy (non-hydrogen) atoms. The van der Waals surface area contributed by atoms with Crippen LogP contribution in [0.25, 0.3) is 11.0 Å². The van der Waals surface area contributed by atoms with E-state index in [1.165, 1.54) is 17.4 Å². The highest BCUT2D eigenvalue weighted by Crippen LogP contribution is 2.20. The molecule has 110 valence electrons. The molecule has 2 aromatic heterocycles. The monoisotopic (exact) mass is 275 g/mol. The highest BCUT2D eigenvalue weighted by Gasteiger charge is 2.09. The fourth-order valence-electron chi connectivity index (χ4n) is 2.30. The molecule has 0 saturated heterocycles. The second-order valence-corrected chi connectivity index (χ2v) is 5.57. The molecule has 0 spiro atoms. The predicted octanol–water partition coefficient (Wildman–Crippen LogP) is 2.82. The van der Waals surface area contributed by atoms with Crippen LogP contribution in [0, 0.1) is 5.92 Å². The predicted molar refractivity (Wildman–Crippen MR) is 82.8 cm³/mol. The zero-order valence-electron chi connectivity index (χ0n) is 12.7. The summed E-state index contributed by atoms with van der Waals surface area (Å²) < 4.78 is 7.34. The summed E-state index contributed by atoms with van der Waals surface area (Å²) >= 11 is 0. The molecule has 2 heterocycles. The summed E-state index contributed by atoms with van der Waals surface area (Å²) in [6.07, 6.45) is 5.28. The number of pyridine rings is 1. The van der Waals surface area contributed by atoms with Crippen LogP contribution in [0.4, 0.5) is 0 Å². The van der Waals surface area contributed by atoms with Gasteiger partial charge < -0.3 is 14.6 Å². The Hall–Kier alpha value is -1.39. The fourth-order valence-corrected chi connectivity index (χ4v) is 2.30. The van der Waals surface area contributed by atoms with Gasteiger partial charge in [0.15, 0.2) is 0 Å². The number of aryl methyl sites for hydroxylation is 1. The maximum atomic E-state index is 5.06. The van der Waals surface area contributed by atoms with Gasteiger partial charge in [-0.2, -0.15) is 0 Å². The summed E-state index contributed by atoms with van der Waals surface area (Å²) in [5.41, 5.74) is 2.41. The topological polar surface area (TPSA) is 39.1 Å². The molecule has 2 aromatic rings. The Bertz CT molecular complexity index is 534. The molecule has 0 aliphatic carbocycles. The van der Waals surface area contributed by atoms with Gasteiger partial charge in [-0.3, -0.25) is 0 Å². The number of fused-ring (bicyclic) bond motifs is 1. The number of nitrogens with one attached hydrogen (secondary N) is 1. The molecule has 2 rings (SSSR count). The van der Waals surface area contributed by atoms with Crippen LogP contribution < -0.4 is 5.32 Å². The van der Waals surface area contributed by atoms with Gasteiger partial charge in [0.25, 0.3) is 0 Å². The molecule has 0 aliphatic heterocycles. The second-order valence-electron chi connectivity index (χ2n) is 5.57. The Labute approximate surface area is 121 Å². The van der Waals surface area contributed by atoms with E-state index in [2.05, 4.69) is 41.0 Å². The van der Waals surface area contributed by atoms with E-state index in [0.717, 1.165) is 31.9 Å². The van der Waals surface area contributed by atoms with Gasteiger partial charge in [-0.15, -0.1) is 0 Å². The quantitative estimate of drug-likeness (QED) is 0.753. The molecule has 0 aliphatic rings. The van der Waals surface area contributed by atoms with Crippen LogP contribution in [0.2, 0.25) is 0 Å². The van der Waals surface area contributed by atoms with E-state index in [-0.39, 0.29) is 0 Å². The smallest absolute Gasteiger partial charge is 0.140 e. The third-order valence-corrected chi connectivity index (χ3v) is 3.46. The van der Waals surface area contributed by atoms with E-state index < -0.39 is 0 Å². The highest BCUT2D eigenvalue weighted by molar-refractivity contribution is 5.80. The minimum Gasteiger partial charge on any atom is -0.383 e. The summed E-state index contributed by atoms with van der Waals surface area (Å²) in [6.45, 7) is 8.02. The second kappa shape index (κ2) is 7.41. The highest BCUT2D eigenvalue weighted by atomic mass is 16.5. The van der Waals surface area contributed by atoms with Crippen molar-refractivity contribution in [3.63, 3.8) is 0 Å². The van der Waals surface area contributed by atoms with Crippen LogP contribution in [0.3, 0.4) is 0 Å². The molecule has 0 radical (unpaired) electrons. The van der Waals surface area contributed by atoms with Gasteiger partial charge in [-0.05, 0) is 30.0 Å². The summed E-state index contributed by atoms with van der Waals surface area (Å²) in [7, 11) is 1.73. The van der Waals surface area contributed by atoms with E-state index in [1.54, 1.807) is 7.11 Å². The first-order chi connectivity index (χ1) is 9.72. The first kappa shape index (κ1) is 15.0. The Kier molecular flexibility index (Phi) is 5.56. The van der Waals surface area contributed by atoms with E-state index >= 15 is 0 Å². The fraction of sp³-hybridized carbons (Fsp3) is 0.562. The summed E-state index contributed by atoms with van der Waals surface area (Å²) in [6, 6.07) is 4.16. The Balaban J connectivity index is 2.13. The van der Waals surface area contributed by atoms with Gasteiger partial charge in [0.05, 0.1) is 6.61 Å². The number of hydrogen-bond acceptors (Lipinski definition) is 3. The van der Waals surface area contributed by atoms with Gasteiger partial charge in [0.1, 0.15) is 5.65 Å². The Morgan fingerprint density at radius 1 is 1.40 bits per heavy atom. The first-order valence-corrected chi connectivity index (χ1v) is 7.34. The van der Waals surface area contributed by atoms with Crippen molar-refractivity contribution in [2.24, 2.45) is 5.92 Å². The first-order valence-electron chi connectivity index (χ1n) is 7.34. The van der Waals surface area contributed by atoms with Crippen molar-refractivity contribution in [1.82, 2.24) is 14.9 Å². The van der Waals surface area contributed by atoms with E-state index in [4.69, 9.17) is 4.74 Å². The van der Waals surface area contributed by atoms with E-state index in [9.17, 15) is 0 Å². The molecule has 1 N–H and O–H groups in total. The van der Waals surface area contributed by atoms with Crippen LogP contribution in [-0.2, 0) is 17.8 Å². The Morgan fingerprint density at radius 2 is 2.25 bits per heavy atom. The Morgan fingerprint density at radius 3 is 3.00 bits per heavy atom. The lowest BCUT2D eigenvalue weighted by molar-refractivity contribution is 0.199. The van der Waals surface area contributed by atoms with Crippen LogP contribution in [0.1, 0.15) is 25.8 Å². The summed E-state index contributed by atoms with van der Waals surface area (Å²) in [5.74, 6) is 0.708. The lowest BCUT2D eigenvalue weighted by Crippen LogP contribution is -2.18. The SMILES string of the molecule is COCCNCc1cn(CCC(C)C)c2ncccc12. The molecule has 4 nitrogen and oxygen atoms in total. The molecule has 0 fully saturated rings. The number of rotatable bonds is 8.